The van der Waals surface area contributed by atoms with Gasteiger partial charge in [0.15, 0.2) is 0 Å². The summed E-state index contributed by atoms with van der Waals surface area (Å²) in [6.07, 6.45) is 3.69. The van der Waals surface area contributed by atoms with Crippen LogP contribution in [0.1, 0.15) is 17.8 Å². The van der Waals surface area contributed by atoms with E-state index >= 15 is 0 Å². The monoisotopic (exact) mass is 274 g/mol. The lowest BCUT2D eigenvalue weighted by Crippen LogP contribution is -2.19. The van der Waals surface area contributed by atoms with Crippen molar-refractivity contribution in [2.24, 2.45) is 0 Å². The normalized spacial score (nSPS) is 14.6. The summed E-state index contributed by atoms with van der Waals surface area (Å²) < 4.78 is 5.38. The number of rotatable bonds is 6. The molecule has 0 amide bonds. The number of thiazole rings is 1. The smallest absolute Gasteiger partial charge is 0.128 e. The largest absolute Gasteiger partial charge is 0.496 e. The maximum Gasteiger partial charge on any atom is 0.128 e. The fourth-order valence-electron chi connectivity index (χ4n) is 2.08. The summed E-state index contributed by atoms with van der Waals surface area (Å²) in [5.41, 5.74) is 2.09. The first-order valence-electron chi connectivity index (χ1n) is 6.68. The highest BCUT2D eigenvalue weighted by Crippen LogP contribution is 2.30. The Morgan fingerprint density at radius 3 is 3.00 bits per heavy atom. The predicted octanol–water partition coefficient (Wildman–Crippen LogP) is 3.11. The van der Waals surface area contributed by atoms with E-state index in [0.29, 0.717) is 0 Å². The van der Waals surface area contributed by atoms with Crippen molar-refractivity contribution in [2.75, 3.05) is 13.7 Å². The lowest BCUT2D eigenvalue weighted by atomic mass is 10.1. The van der Waals surface area contributed by atoms with Crippen molar-refractivity contribution >= 4 is 11.3 Å². The molecule has 0 unspecified atom stereocenters. The van der Waals surface area contributed by atoms with Crippen molar-refractivity contribution in [3.63, 3.8) is 0 Å². The Morgan fingerprint density at radius 2 is 2.21 bits per heavy atom. The fourth-order valence-corrected chi connectivity index (χ4v) is 2.87. The summed E-state index contributed by atoms with van der Waals surface area (Å²) in [5.74, 6) is 0.885. The van der Waals surface area contributed by atoms with Crippen LogP contribution < -0.4 is 10.1 Å². The maximum absolute atomic E-state index is 5.38. The molecule has 100 valence electrons. The number of nitrogens with one attached hydrogen (secondary N) is 1. The van der Waals surface area contributed by atoms with Gasteiger partial charge in [0.1, 0.15) is 5.75 Å². The molecule has 0 aliphatic heterocycles. The second-order valence-corrected chi connectivity index (χ2v) is 5.75. The molecule has 1 heterocycles. The van der Waals surface area contributed by atoms with Crippen LogP contribution >= 0.6 is 11.3 Å². The molecule has 1 saturated carbocycles. The molecule has 3 nitrogen and oxygen atoms in total. The van der Waals surface area contributed by atoms with E-state index in [9.17, 15) is 0 Å². The number of hydrogen-bond acceptors (Lipinski definition) is 4. The molecular formula is C15H18N2OS. The van der Waals surface area contributed by atoms with Gasteiger partial charge in [-0.2, -0.15) is 0 Å². The van der Waals surface area contributed by atoms with E-state index in [-0.39, 0.29) is 0 Å². The zero-order valence-corrected chi connectivity index (χ0v) is 11.9. The lowest BCUT2D eigenvalue weighted by molar-refractivity contribution is 0.416. The molecule has 0 saturated heterocycles. The summed E-state index contributed by atoms with van der Waals surface area (Å²) in [5, 5.41) is 6.82. The van der Waals surface area contributed by atoms with Crippen LogP contribution in [0.25, 0.3) is 11.3 Å². The van der Waals surface area contributed by atoms with Gasteiger partial charge in [-0.3, -0.25) is 0 Å². The van der Waals surface area contributed by atoms with Gasteiger partial charge >= 0.3 is 0 Å². The van der Waals surface area contributed by atoms with Crippen LogP contribution in [0.2, 0.25) is 0 Å². The standard InChI is InChI=1S/C15H18N2OS/c1-18-14-5-3-2-4-12(14)13-10-19-15(17-13)8-9-16-11-6-7-11/h2-5,10-11,16H,6-9H2,1H3. The van der Waals surface area contributed by atoms with Crippen LogP contribution in [0, 0.1) is 0 Å². The summed E-state index contributed by atoms with van der Waals surface area (Å²) in [4.78, 5) is 4.70. The second-order valence-electron chi connectivity index (χ2n) is 4.81. The van der Waals surface area contributed by atoms with Gasteiger partial charge in [-0.15, -0.1) is 11.3 Å². The highest BCUT2D eigenvalue weighted by molar-refractivity contribution is 7.09. The molecule has 1 aromatic heterocycles. The van der Waals surface area contributed by atoms with Crippen molar-refractivity contribution in [1.29, 1.82) is 0 Å². The third-order valence-electron chi connectivity index (χ3n) is 3.28. The minimum absolute atomic E-state index is 0.772. The zero-order chi connectivity index (χ0) is 13.1. The van der Waals surface area contributed by atoms with Crippen molar-refractivity contribution < 1.29 is 4.74 Å². The third-order valence-corrected chi connectivity index (χ3v) is 4.19. The van der Waals surface area contributed by atoms with Crippen molar-refractivity contribution in [1.82, 2.24) is 10.3 Å². The summed E-state index contributed by atoms with van der Waals surface area (Å²) in [6, 6.07) is 8.80. The Labute approximate surface area is 117 Å². The molecule has 1 aromatic carbocycles. The van der Waals surface area contributed by atoms with Gasteiger partial charge in [0.25, 0.3) is 0 Å². The van der Waals surface area contributed by atoms with Crippen molar-refractivity contribution in [3.8, 4) is 17.0 Å². The quantitative estimate of drug-likeness (QED) is 0.879. The molecular weight excluding hydrogens is 256 g/mol. The molecule has 1 fully saturated rings. The predicted molar refractivity (Wildman–Crippen MR) is 78.8 cm³/mol. The van der Waals surface area contributed by atoms with Crippen LogP contribution in [0.3, 0.4) is 0 Å². The lowest BCUT2D eigenvalue weighted by Gasteiger charge is -2.05. The Kier molecular flexibility index (Phi) is 3.80. The van der Waals surface area contributed by atoms with Gasteiger partial charge < -0.3 is 10.1 Å². The Hall–Kier alpha value is -1.39. The van der Waals surface area contributed by atoms with E-state index in [1.165, 1.54) is 17.8 Å². The Balaban J connectivity index is 1.68. The molecule has 19 heavy (non-hydrogen) atoms. The van der Waals surface area contributed by atoms with E-state index in [0.717, 1.165) is 36.0 Å². The fraction of sp³-hybridized carbons (Fsp3) is 0.400. The number of methoxy groups -OCH3 is 1. The van der Waals surface area contributed by atoms with E-state index in [4.69, 9.17) is 9.72 Å². The van der Waals surface area contributed by atoms with E-state index < -0.39 is 0 Å². The molecule has 0 spiro atoms. The number of hydrogen-bond donors (Lipinski definition) is 1. The number of nitrogens with zero attached hydrogens (tertiary/aromatic N) is 1. The first kappa shape index (κ1) is 12.6. The van der Waals surface area contributed by atoms with E-state index in [2.05, 4.69) is 16.8 Å². The summed E-state index contributed by atoms with van der Waals surface area (Å²) in [6.45, 7) is 1.03. The van der Waals surface area contributed by atoms with Gasteiger partial charge in [-0.1, -0.05) is 12.1 Å². The van der Waals surface area contributed by atoms with E-state index in [1.54, 1.807) is 18.4 Å². The molecule has 4 heteroatoms. The number of ether oxygens (including phenoxy) is 1. The van der Waals surface area contributed by atoms with Gasteiger partial charge in [-0.25, -0.2) is 4.98 Å². The molecule has 0 bridgehead atoms. The van der Waals surface area contributed by atoms with Gasteiger partial charge in [0.2, 0.25) is 0 Å². The molecule has 2 aromatic rings. The Bertz CT molecular complexity index is 549. The van der Waals surface area contributed by atoms with Gasteiger partial charge in [-0.05, 0) is 25.0 Å². The van der Waals surface area contributed by atoms with Crippen molar-refractivity contribution in [2.45, 2.75) is 25.3 Å². The third kappa shape index (κ3) is 3.14. The maximum atomic E-state index is 5.38. The highest BCUT2D eigenvalue weighted by atomic mass is 32.1. The molecule has 1 aliphatic rings. The van der Waals surface area contributed by atoms with Crippen LogP contribution in [0.5, 0.6) is 5.75 Å². The SMILES string of the molecule is COc1ccccc1-c1csc(CCNC2CC2)n1. The van der Waals surface area contributed by atoms with Crippen LogP contribution in [0.15, 0.2) is 29.6 Å². The molecule has 0 atom stereocenters. The van der Waals surface area contributed by atoms with Gasteiger partial charge in [0, 0.05) is 30.0 Å². The first-order valence-corrected chi connectivity index (χ1v) is 7.56. The molecule has 3 rings (SSSR count). The van der Waals surface area contributed by atoms with Crippen LogP contribution in [-0.2, 0) is 6.42 Å². The molecule has 1 aliphatic carbocycles. The van der Waals surface area contributed by atoms with Crippen molar-refractivity contribution in [3.05, 3.63) is 34.7 Å². The minimum atomic E-state index is 0.772. The second kappa shape index (κ2) is 5.72. The Morgan fingerprint density at radius 1 is 1.37 bits per heavy atom. The summed E-state index contributed by atoms with van der Waals surface area (Å²) >= 11 is 1.73. The van der Waals surface area contributed by atoms with Crippen LogP contribution in [-0.4, -0.2) is 24.7 Å². The topological polar surface area (TPSA) is 34.1 Å². The number of benzene rings is 1. The summed E-state index contributed by atoms with van der Waals surface area (Å²) in [7, 11) is 1.70. The van der Waals surface area contributed by atoms with Crippen LogP contribution in [0.4, 0.5) is 0 Å². The zero-order valence-electron chi connectivity index (χ0n) is 11.1. The van der Waals surface area contributed by atoms with Gasteiger partial charge in [0.05, 0.1) is 17.8 Å². The average molecular weight is 274 g/mol. The number of para-hydroxylation sites is 1. The minimum Gasteiger partial charge on any atom is -0.496 e. The highest BCUT2D eigenvalue weighted by Gasteiger charge is 2.19. The number of aromatic nitrogens is 1. The average Bonchev–Trinajstić information content (AvgIpc) is 3.15. The molecule has 0 radical (unpaired) electrons. The molecule has 1 N–H and O–H groups in total. The van der Waals surface area contributed by atoms with E-state index in [1.807, 2.05) is 18.2 Å². The first-order chi connectivity index (χ1) is 9.36.